The number of morpholine rings is 1. The third-order valence-corrected chi connectivity index (χ3v) is 3.55. The van der Waals surface area contributed by atoms with Crippen molar-refractivity contribution in [1.82, 2.24) is 15.5 Å². The van der Waals surface area contributed by atoms with Gasteiger partial charge in [-0.1, -0.05) is 0 Å². The lowest BCUT2D eigenvalue weighted by molar-refractivity contribution is 0.0349. The van der Waals surface area contributed by atoms with Crippen LogP contribution in [-0.2, 0) is 4.74 Å². The summed E-state index contributed by atoms with van der Waals surface area (Å²) in [5.41, 5.74) is 0. The fourth-order valence-corrected chi connectivity index (χ4v) is 2.44. The summed E-state index contributed by atoms with van der Waals surface area (Å²) in [6.07, 6.45) is 0. The molecule has 1 aliphatic heterocycles. The van der Waals surface area contributed by atoms with Gasteiger partial charge in [0.1, 0.15) is 11.5 Å². The number of aryl methyl sites for hydroxylation is 1. The van der Waals surface area contributed by atoms with Crippen LogP contribution in [0.1, 0.15) is 31.4 Å². The maximum Gasteiger partial charge on any atom is 0.315 e. The highest BCUT2D eigenvalue weighted by molar-refractivity contribution is 5.74. The normalized spacial score (nSPS) is 19.0. The standard InChI is InChI=1S/C15H25N3O3/c1-11(10-18-6-8-20-9-7-18)16-15(19)17-13(3)14-5-4-12(2)21-14/h4-5,11,13H,6-10H2,1-3H3,(H2,16,17,19)/t11-,13+/m0/s1. The first kappa shape index (κ1) is 15.9. The lowest BCUT2D eigenvalue weighted by atomic mass is 10.2. The maximum atomic E-state index is 12.0. The van der Waals surface area contributed by atoms with Crippen LogP contribution in [0.4, 0.5) is 4.79 Å². The number of hydrogen-bond donors (Lipinski definition) is 2. The summed E-state index contributed by atoms with van der Waals surface area (Å²) in [6.45, 7) is 10.0. The highest BCUT2D eigenvalue weighted by Crippen LogP contribution is 2.15. The van der Waals surface area contributed by atoms with E-state index in [2.05, 4.69) is 15.5 Å². The van der Waals surface area contributed by atoms with E-state index in [9.17, 15) is 4.79 Å². The number of amides is 2. The van der Waals surface area contributed by atoms with Crippen LogP contribution < -0.4 is 10.6 Å². The molecule has 2 atom stereocenters. The lowest BCUT2D eigenvalue weighted by Crippen LogP contribution is -2.48. The van der Waals surface area contributed by atoms with Gasteiger partial charge in [0, 0.05) is 25.7 Å². The molecule has 1 aromatic heterocycles. The number of nitrogens with zero attached hydrogens (tertiary/aromatic N) is 1. The fraction of sp³-hybridized carbons (Fsp3) is 0.667. The van der Waals surface area contributed by atoms with Crippen LogP contribution in [0, 0.1) is 6.92 Å². The molecule has 0 aromatic carbocycles. The second-order valence-electron chi connectivity index (χ2n) is 5.60. The minimum absolute atomic E-state index is 0.0913. The van der Waals surface area contributed by atoms with Crippen LogP contribution in [0.15, 0.2) is 16.5 Å². The minimum atomic E-state index is -0.169. The van der Waals surface area contributed by atoms with Gasteiger partial charge < -0.3 is 19.8 Å². The zero-order valence-electron chi connectivity index (χ0n) is 13.0. The van der Waals surface area contributed by atoms with Gasteiger partial charge in [-0.15, -0.1) is 0 Å². The number of carbonyl (C=O) groups excluding carboxylic acids is 1. The summed E-state index contributed by atoms with van der Waals surface area (Å²) in [5.74, 6) is 1.61. The number of furan rings is 1. The van der Waals surface area contributed by atoms with Crippen LogP contribution in [0.25, 0.3) is 0 Å². The van der Waals surface area contributed by atoms with Gasteiger partial charge in [0.25, 0.3) is 0 Å². The summed E-state index contributed by atoms with van der Waals surface area (Å²) < 4.78 is 10.8. The van der Waals surface area contributed by atoms with Gasteiger partial charge >= 0.3 is 6.03 Å². The monoisotopic (exact) mass is 295 g/mol. The summed E-state index contributed by atoms with van der Waals surface area (Å²) in [6, 6.07) is 3.56. The van der Waals surface area contributed by atoms with Gasteiger partial charge in [-0.05, 0) is 32.9 Å². The molecule has 2 rings (SSSR count). The maximum absolute atomic E-state index is 12.0. The summed E-state index contributed by atoms with van der Waals surface area (Å²) in [4.78, 5) is 14.3. The van der Waals surface area contributed by atoms with E-state index in [1.165, 1.54) is 0 Å². The Hall–Kier alpha value is -1.53. The topological polar surface area (TPSA) is 66.7 Å². The predicted octanol–water partition coefficient (Wildman–Crippen LogP) is 1.67. The van der Waals surface area contributed by atoms with Gasteiger partial charge in [-0.25, -0.2) is 4.79 Å². The molecule has 2 heterocycles. The second kappa shape index (κ2) is 7.47. The number of urea groups is 1. The SMILES string of the molecule is Cc1ccc([C@@H](C)NC(=O)N[C@@H](C)CN2CCOCC2)o1. The summed E-state index contributed by atoms with van der Waals surface area (Å²) in [7, 11) is 0. The molecule has 118 valence electrons. The van der Waals surface area contributed by atoms with Gasteiger partial charge in [-0.2, -0.15) is 0 Å². The predicted molar refractivity (Wildman–Crippen MR) is 80.2 cm³/mol. The van der Waals surface area contributed by atoms with Crippen molar-refractivity contribution in [1.29, 1.82) is 0 Å². The van der Waals surface area contributed by atoms with Gasteiger partial charge in [0.05, 0.1) is 19.3 Å². The van der Waals surface area contributed by atoms with Crippen molar-refractivity contribution in [3.63, 3.8) is 0 Å². The lowest BCUT2D eigenvalue weighted by Gasteiger charge is -2.29. The van der Waals surface area contributed by atoms with Gasteiger partial charge in [-0.3, -0.25) is 4.90 Å². The van der Waals surface area contributed by atoms with E-state index >= 15 is 0 Å². The molecule has 6 nitrogen and oxygen atoms in total. The average molecular weight is 295 g/mol. The highest BCUT2D eigenvalue weighted by atomic mass is 16.5. The summed E-state index contributed by atoms with van der Waals surface area (Å²) in [5, 5.41) is 5.85. The van der Waals surface area contributed by atoms with Crippen molar-refractivity contribution < 1.29 is 13.9 Å². The molecule has 0 radical (unpaired) electrons. The van der Waals surface area contributed by atoms with E-state index in [-0.39, 0.29) is 18.1 Å². The van der Waals surface area contributed by atoms with Crippen molar-refractivity contribution in [3.05, 3.63) is 23.7 Å². The van der Waals surface area contributed by atoms with Crippen molar-refractivity contribution in [2.24, 2.45) is 0 Å². The molecule has 1 aromatic rings. The smallest absolute Gasteiger partial charge is 0.315 e. The van der Waals surface area contributed by atoms with E-state index in [0.717, 1.165) is 44.4 Å². The van der Waals surface area contributed by atoms with E-state index in [0.29, 0.717) is 0 Å². The molecule has 2 N–H and O–H groups in total. The molecule has 6 heteroatoms. The van der Waals surface area contributed by atoms with Crippen LogP contribution in [0.2, 0.25) is 0 Å². The Morgan fingerprint density at radius 1 is 1.29 bits per heavy atom. The Kier molecular flexibility index (Phi) is 5.64. The molecule has 0 bridgehead atoms. The molecule has 0 unspecified atom stereocenters. The van der Waals surface area contributed by atoms with Crippen molar-refractivity contribution >= 4 is 6.03 Å². The van der Waals surface area contributed by atoms with Crippen LogP contribution in [0.3, 0.4) is 0 Å². The second-order valence-corrected chi connectivity index (χ2v) is 5.60. The van der Waals surface area contributed by atoms with E-state index < -0.39 is 0 Å². The van der Waals surface area contributed by atoms with E-state index in [1.54, 1.807) is 0 Å². The first-order chi connectivity index (χ1) is 10.0. The number of nitrogens with one attached hydrogen (secondary N) is 2. The first-order valence-electron chi connectivity index (χ1n) is 7.48. The van der Waals surface area contributed by atoms with Gasteiger partial charge in [0.2, 0.25) is 0 Å². The van der Waals surface area contributed by atoms with Crippen LogP contribution in [0.5, 0.6) is 0 Å². The molecule has 0 aliphatic carbocycles. The quantitative estimate of drug-likeness (QED) is 0.867. The Balaban J connectivity index is 1.72. The fourth-order valence-electron chi connectivity index (χ4n) is 2.44. The third kappa shape index (κ3) is 5.06. The first-order valence-corrected chi connectivity index (χ1v) is 7.48. The molecule has 1 saturated heterocycles. The van der Waals surface area contributed by atoms with Crippen LogP contribution >= 0.6 is 0 Å². The van der Waals surface area contributed by atoms with Crippen LogP contribution in [-0.4, -0.2) is 49.8 Å². The largest absolute Gasteiger partial charge is 0.464 e. The van der Waals surface area contributed by atoms with Crippen molar-refractivity contribution in [2.45, 2.75) is 32.9 Å². The Morgan fingerprint density at radius 2 is 2.00 bits per heavy atom. The van der Waals surface area contributed by atoms with Crippen molar-refractivity contribution in [3.8, 4) is 0 Å². The Morgan fingerprint density at radius 3 is 2.62 bits per heavy atom. The molecular formula is C15H25N3O3. The van der Waals surface area contributed by atoms with E-state index in [1.807, 2.05) is 32.9 Å². The molecule has 0 spiro atoms. The van der Waals surface area contributed by atoms with Crippen molar-refractivity contribution in [2.75, 3.05) is 32.8 Å². The Labute approximate surface area is 125 Å². The minimum Gasteiger partial charge on any atom is -0.464 e. The number of hydrogen-bond acceptors (Lipinski definition) is 4. The third-order valence-electron chi connectivity index (χ3n) is 3.55. The van der Waals surface area contributed by atoms with Gasteiger partial charge in [0.15, 0.2) is 0 Å². The highest BCUT2D eigenvalue weighted by Gasteiger charge is 2.17. The Bertz CT molecular complexity index is 455. The van der Waals surface area contributed by atoms with E-state index in [4.69, 9.17) is 9.15 Å². The molecule has 1 fully saturated rings. The molecule has 0 saturated carbocycles. The molecule has 21 heavy (non-hydrogen) atoms. The summed E-state index contributed by atoms with van der Waals surface area (Å²) >= 11 is 0. The number of carbonyl (C=O) groups is 1. The molecular weight excluding hydrogens is 270 g/mol. The number of rotatable bonds is 5. The average Bonchev–Trinajstić information content (AvgIpc) is 2.86. The zero-order chi connectivity index (χ0) is 15.2. The molecule has 1 aliphatic rings. The number of ether oxygens (including phenoxy) is 1. The zero-order valence-corrected chi connectivity index (χ0v) is 13.0. The molecule has 2 amide bonds.